The van der Waals surface area contributed by atoms with Gasteiger partial charge in [0.05, 0.1) is 13.2 Å². The molecule has 5 heteroatoms. The van der Waals surface area contributed by atoms with E-state index in [2.05, 4.69) is 0 Å². The van der Waals surface area contributed by atoms with E-state index in [-0.39, 0.29) is 17.8 Å². The van der Waals surface area contributed by atoms with Gasteiger partial charge in [0.2, 0.25) is 0 Å². The number of halogens is 3. The first-order chi connectivity index (χ1) is 16.0. The Kier molecular flexibility index (Phi) is 8.00. The maximum Gasteiger partial charge on any atom is 0.160 e. The maximum atomic E-state index is 15.0. The van der Waals surface area contributed by atoms with Crippen molar-refractivity contribution in [2.45, 2.75) is 82.2 Å². The molecule has 2 nitrogen and oxygen atoms in total. The van der Waals surface area contributed by atoms with E-state index in [0.717, 1.165) is 62.5 Å². The number of hydrogen-bond donors (Lipinski definition) is 0. The van der Waals surface area contributed by atoms with Gasteiger partial charge in [-0.05, 0) is 98.0 Å². The summed E-state index contributed by atoms with van der Waals surface area (Å²) in [7, 11) is 3.23. The van der Waals surface area contributed by atoms with Gasteiger partial charge in [-0.2, -0.15) is 0 Å². The van der Waals surface area contributed by atoms with Crippen molar-refractivity contribution in [2.24, 2.45) is 5.92 Å². The van der Waals surface area contributed by atoms with E-state index < -0.39 is 12.3 Å². The number of methoxy groups -OCH3 is 2. The first-order valence-electron chi connectivity index (χ1n) is 12.2. The topological polar surface area (TPSA) is 18.5 Å². The van der Waals surface area contributed by atoms with Crippen LogP contribution in [0.2, 0.25) is 0 Å². The van der Waals surface area contributed by atoms with Crippen LogP contribution in [0.15, 0.2) is 53.1 Å². The summed E-state index contributed by atoms with van der Waals surface area (Å²) in [6.07, 6.45) is 10.3. The molecule has 1 aromatic carbocycles. The lowest BCUT2D eigenvalue weighted by Gasteiger charge is -2.31. The summed E-state index contributed by atoms with van der Waals surface area (Å²) in [6, 6.07) is 5.10. The average molecular weight is 461 g/mol. The van der Waals surface area contributed by atoms with Crippen LogP contribution >= 0.6 is 0 Å². The zero-order valence-electron chi connectivity index (χ0n) is 19.7. The third-order valence-electron chi connectivity index (χ3n) is 7.79. The quantitative estimate of drug-likeness (QED) is 0.418. The van der Waals surface area contributed by atoms with Crippen molar-refractivity contribution in [3.8, 4) is 5.75 Å². The highest BCUT2D eigenvalue weighted by atomic mass is 19.2. The zero-order valence-corrected chi connectivity index (χ0v) is 19.7. The minimum atomic E-state index is -1.58. The van der Waals surface area contributed by atoms with Crippen LogP contribution in [-0.4, -0.2) is 32.7 Å². The largest absolute Gasteiger partial charge is 0.497 e. The second kappa shape index (κ2) is 10.9. The Morgan fingerprint density at radius 2 is 1.76 bits per heavy atom. The lowest BCUT2D eigenvalue weighted by atomic mass is 9.76. The van der Waals surface area contributed by atoms with Gasteiger partial charge in [0.25, 0.3) is 0 Å². The average Bonchev–Trinajstić information content (AvgIpc) is 2.85. The number of hydrogen-bond acceptors (Lipinski definition) is 2. The molecule has 180 valence electrons. The summed E-state index contributed by atoms with van der Waals surface area (Å²) in [4.78, 5) is 0. The SMILES string of the molecule is COc1ccc(C2CCC(CCC3=CC=C(C4=CCC(OC)CC4)C(F)C3F)CC2)c(F)c1. The fourth-order valence-corrected chi connectivity index (χ4v) is 5.62. The highest BCUT2D eigenvalue weighted by Gasteiger charge is 2.33. The Bertz CT molecular complexity index is 912. The standard InChI is InChI=1S/C28H35F3O2/c1-32-22-12-9-20(10-13-22)25-15-11-21(27(30)28(25)31)8-5-18-3-6-19(7-4-18)24-16-14-23(33-2)17-26(24)29/h9,11,14-19,22,27-28H,3-8,10,12-13H2,1-2H3. The molecule has 0 saturated heterocycles. The molecule has 0 bridgehead atoms. The van der Waals surface area contributed by atoms with Gasteiger partial charge in [-0.15, -0.1) is 0 Å². The number of ether oxygens (including phenoxy) is 2. The molecule has 1 saturated carbocycles. The predicted molar refractivity (Wildman–Crippen MR) is 126 cm³/mol. The third-order valence-corrected chi connectivity index (χ3v) is 7.79. The molecule has 1 aromatic rings. The molecule has 33 heavy (non-hydrogen) atoms. The minimum absolute atomic E-state index is 0.180. The van der Waals surface area contributed by atoms with Crippen LogP contribution in [0, 0.1) is 11.7 Å². The van der Waals surface area contributed by atoms with E-state index >= 15 is 0 Å². The molecule has 0 spiro atoms. The first kappa shape index (κ1) is 24.1. The molecule has 3 unspecified atom stereocenters. The summed E-state index contributed by atoms with van der Waals surface area (Å²) >= 11 is 0. The Morgan fingerprint density at radius 3 is 2.39 bits per heavy atom. The van der Waals surface area contributed by atoms with Crippen molar-refractivity contribution in [3.05, 3.63) is 64.5 Å². The van der Waals surface area contributed by atoms with Gasteiger partial charge >= 0.3 is 0 Å². The van der Waals surface area contributed by atoms with Crippen LogP contribution in [0.4, 0.5) is 13.2 Å². The molecule has 3 aliphatic rings. The highest BCUT2D eigenvalue weighted by molar-refractivity contribution is 5.44. The van der Waals surface area contributed by atoms with Gasteiger partial charge < -0.3 is 9.47 Å². The maximum absolute atomic E-state index is 15.0. The molecular formula is C28H35F3O2. The van der Waals surface area contributed by atoms with Gasteiger partial charge in [-0.3, -0.25) is 0 Å². The zero-order chi connectivity index (χ0) is 23.4. The Balaban J connectivity index is 1.30. The van der Waals surface area contributed by atoms with E-state index in [4.69, 9.17) is 9.47 Å². The molecule has 0 radical (unpaired) electrons. The second-order valence-electron chi connectivity index (χ2n) is 9.67. The number of alkyl halides is 2. The van der Waals surface area contributed by atoms with E-state index in [1.807, 2.05) is 18.2 Å². The van der Waals surface area contributed by atoms with Gasteiger partial charge in [0, 0.05) is 13.2 Å². The molecule has 1 fully saturated rings. The van der Waals surface area contributed by atoms with Crippen molar-refractivity contribution in [1.82, 2.24) is 0 Å². The molecule has 3 aliphatic carbocycles. The monoisotopic (exact) mass is 460 g/mol. The number of allylic oxidation sites excluding steroid dienone is 5. The van der Waals surface area contributed by atoms with Crippen LogP contribution in [0.1, 0.15) is 69.3 Å². The minimum Gasteiger partial charge on any atom is -0.497 e. The lowest BCUT2D eigenvalue weighted by Crippen LogP contribution is -2.27. The molecule has 0 amide bonds. The molecule has 4 rings (SSSR count). The van der Waals surface area contributed by atoms with Crippen molar-refractivity contribution < 1.29 is 22.6 Å². The van der Waals surface area contributed by atoms with Crippen LogP contribution in [0.25, 0.3) is 0 Å². The summed E-state index contributed by atoms with van der Waals surface area (Å²) in [5, 5.41) is 0. The molecule has 3 atom stereocenters. The van der Waals surface area contributed by atoms with Gasteiger partial charge in [-0.1, -0.05) is 24.3 Å². The number of benzene rings is 1. The summed E-state index contributed by atoms with van der Waals surface area (Å²) in [5.41, 5.74) is 2.77. The van der Waals surface area contributed by atoms with E-state index in [1.54, 1.807) is 19.3 Å². The van der Waals surface area contributed by atoms with E-state index in [0.29, 0.717) is 29.2 Å². The number of rotatable bonds is 7. The van der Waals surface area contributed by atoms with Crippen LogP contribution in [0.3, 0.4) is 0 Å². The highest BCUT2D eigenvalue weighted by Crippen LogP contribution is 2.41. The lowest BCUT2D eigenvalue weighted by molar-refractivity contribution is 0.0938. The Labute approximate surface area is 195 Å². The van der Waals surface area contributed by atoms with E-state index in [1.165, 1.54) is 13.2 Å². The Hall–Kier alpha value is -2.01. The fourth-order valence-electron chi connectivity index (χ4n) is 5.62. The second-order valence-corrected chi connectivity index (χ2v) is 9.67. The molecule has 0 aromatic heterocycles. The van der Waals surface area contributed by atoms with Gasteiger partial charge in [0.1, 0.15) is 11.6 Å². The summed E-state index contributed by atoms with van der Waals surface area (Å²) in [6.45, 7) is 0. The van der Waals surface area contributed by atoms with Gasteiger partial charge in [-0.25, -0.2) is 13.2 Å². The first-order valence-corrected chi connectivity index (χ1v) is 12.2. The third kappa shape index (κ3) is 5.56. The molecule has 0 heterocycles. The van der Waals surface area contributed by atoms with Crippen LogP contribution in [-0.2, 0) is 4.74 Å². The normalized spacial score (nSPS) is 30.3. The van der Waals surface area contributed by atoms with Crippen molar-refractivity contribution in [1.29, 1.82) is 0 Å². The van der Waals surface area contributed by atoms with Gasteiger partial charge in [0.15, 0.2) is 12.3 Å². The van der Waals surface area contributed by atoms with Crippen LogP contribution < -0.4 is 4.74 Å². The van der Waals surface area contributed by atoms with Crippen LogP contribution in [0.5, 0.6) is 5.75 Å². The van der Waals surface area contributed by atoms with Crippen molar-refractivity contribution >= 4 is 0 Å². The Morgan fingerprint density at radius 1 is 0.970 bits per heavy atom. The van der Waals surface area contributed by atoms with Crippen molar-refractivity contribution in [2.75, 3.05) is 14.2 Å². The molecule has 0 aliphatic heterocycles. The summed E-state index contributed by atoms with van der Waals surface area (Å²) < 4.78 is 54.8. The predicted octanol–water partition coefficient (Wildman–Crippen LogP) is 7.56. The van der Waals surface area contributed by atoms with E-state index in [9.17, 15) is 13.2 Å². The smallest absolute Gasteiger partial charge is 0.160 e. The van der Waals surface area contributed by atoms with Crippen molar-refractivity contribution in [3.63, 3.8) is 0 Å². The fraction of sp³-hybridized carbons (Fsp3) is 0.571. The molecule has 0 N–H and O–H groups in total. The molecular weight excluding hydrogens is 425 g/mol. The summed E-state index contributed by atoms with van der Waals surface area (Å²) in [5.74, 6) is 1.03.